The average Bonchev–Trinajstić information content (AvgIpc) is 2.18. The summed E-state index contributed by atoms with van der Waals surface area (Å²) >= 11 is 0. The molecule has 1 saturated carbocycles. The molecule has 3 nitrogen and oxygen atoms in total. The van der Waals surface area contributed by atoms with E-state index in [1.54, 1.807) is 0 Å². The van der Waals surface area contributed by atoms with Crippen molar-refractivity contribution >= 4 is 5.97 Å². The second-order valence-corrected chi connectivity index (χ2v) is 3.51. The van der Waals surface area contributed by atoms with Crippen molar-refractivity contribution in [3.05, 3.63) is 0 Å². The smallest absolute Gasteiger partial charge is 0.305 e. The van der Waals surface area contributed by atoms with E-state index < -0.39 is 5.97 Å². The molecular weight excluding hydrogens is 130 g/mol. The van der Waals surface area contributed by atoms with Crippen LogP contribution in [0.15, 0.2) is 0 Å². The molecule has 2 aliphatic heterocycles. The van der Waals surface area contributed by atoms with E-state index >= 15 is 0 Å². The van der Waals surface area contributed by atoms with E-state index in [1.807, 2.05) is 0 Å². The SMILES string of the molecule is O=C(O)CC12CC(CN1)C2. The van der Waals surface area contributed by atoms with Crippen LogP contribution in [0.1, 0.15) is 19.3 Å². The van der Waals surface area contributed by atoms with Gasteiger partial charge in [-0.05, 0) is 25.3 Å². The summed E-state index contributed by atoms with van der Waals surface area (Å²) in [6.07, 6.45) is 2.47. The van der Waals surface area contributed by atoms with Crippen LogP contribution in [0.4, 0.5) is 0 Å². The number of aliphatic carboxylic acids is 1. The van der Waals surface area contributed by atoms with Crippen molar-refractivity contribution < 1.29 is 9.90 Å². The van der Waals surface area contributed by atoms with E-state index in [-0.39, 0.29) is 5.54 Å². The molecule has 10 heavy (non-hydrogen) atoms. The lowest BCUT2D eigenvalue weighted by Crippen LogP contribution is -2.44. The third-order valence-corrected chi connectivity index (χ3v) is 2.61. The van der Waals surface area contributed by atoms with Gasteiger partial charge in [0.15, 0.2) is 0 Å². The Morgan fingerprint density at radius 1 is 1.70 bits per heavy atom. The van der Waals surface area contributed by atoms with Gasteiger partial charge in [0.25, 0.3) is 0 Å². The second-order valence-electron chi connectivity index (χ2n) is 3.51. The van der Waals surface area contributed by atoms with E-state index in [0.717, 1.165) is 25.3 Å². The number of fused-ring (bicyclic) bond motifs is 1. The zero-order chi connectivity index (χ0) is 7.19. The van der Waals surface area contributed by atoms with Gasteiger partial charge in [0, 0.05) is 5.54 Å². The topological polar surface area (TPSA) is 49.3 Å². The number of nitrogens with one attached hydrogen (secondary N) is 1. The first-order chi connectivity index (χ1) is 4.70. The van der Waals surface area contributed by atoms with E-state index in [2.05, 4.69) is 5.32 Å². The number of hydrogen-bond acceptors (Lipinski definition) is 2. The van der Waals surface area contributed by atoms with Gasteiger partial charge in [0.2, 0.25) is 0 Å². The molecule has 56 valence electrons. The molecule has 2 saturated heterocycles. The van der Waals surface area contributed by atoms with Crippen molar-refractivity contribution in [1.82, 2.24) is 5.32 Å². The summed E-state index contributed by atoms with van der Waals surface area (Å²) in [6, 6.07) is 0. The lowest BCUT2D eigenvalue weighted by atomic mass is 9.72. The van der Waals surface area contributed by atoms with Gasteiger partial charge in [-0.3, -0.25) is 4.79 Å². The van der Waals surface area contributed by atoms with Crippen molar-refractivity contribution in [1.29, 1.82) is 0 Å². The standard InChI is InChI=1S/C7H11NO2/c9-6(10)3-7-1-5(2-7)4-8-7/h5,8H,1-4H2,(H,9,10). The highest BCUT2D eigenvalue weighted by Crippen LogP contribution is 2.45. The molecule has 1 aliphatic carbocycles. The molecule has 2 bridgehead atoms. The first kappa shape index (κ1) is 6.16. The highest BCUT2D eigenvalue weighted by atomic mass is 16.4. The molecule has 3 aliphatic rings. The number of hydrogen-bond donors (Lipinski definition) is 2. The summed E-state index contributed by atoms with van der Waals surface area (Å²) in [5.74, 6) is 0.104. The molecular formula is C7H11NO2. The zero-order valence-electron chi connectivity index (χ0n) is 5.76. The van der Waals surface area contributed by atoms with Gasteiger partial charge in [-0.15, -0.1) is 0 Å². The van der Waals surface area contributed by atoms with Crippen molar-refractivity contribution in [3.63, 3.8) is 0 Å². The van der Waals surface area contributed by atoms with E-state index in [4.69, 9.17) is 5.11 Å². The summed E-state index contributed by atoms with van der Waals surface area (Å²) in [5, 5.41) is 11.8. The molecule has 0 amide bonds. The Kier molecular flexibility index (Phi) is 1.06. The van der Waals surface area contributed by atoms with Crippen LogP contribution in [-0.2, 0) is 4.79 Å². The van der Waals surface area contributed by atoms with Crippen LogP contribution in [0, 0.1) is 5.92 Å². The molecule has 3 fully saturated rings. The van der Waals surface area contributed by atoms with E-state index in [1.165, 1.54) is 0 Å². The quantitative estimate of drug-likeness (QED) is 0.578. The Balaban J connectivity index is 1.98. The van der Waals surface area contributed by atoms with Crippen LogP contribution in [0.25, 0.3) is 0 Å². The van der Waals surface area contributed by atoms with Gasteiger partial charge in [0.1, 0.15) is 0 Å². The van der Waals surface area contributed by atoms with Gasteiger partial charge in [-0.2, -0.15) is 0 Å². The molecule has 2 heterocycles. The first-order valence-corrected chi connectivity index (χ1v) is 3.67. The highest BCUT2D eigenvalue weighted by Gasteiger charge is 2.50. The molecule has 3 heteroatoms. The van der Waals surface area contributed by atoms with E-state index in [0.29, 0.717) is 6.42 Å². The molecule has 2 N–H and O–H groups in total. The van der Waals surface area contributed by atoms with Crippen LogP contribution >= 0.6 is 0 Å². The summed E-state index contributed by atoms with van der Waals surface area (Å²) in [7, 11) is 0. The summed E-state index contributed by atoms with van der Waals surface area (Å²) < 4.78 is 0. The highest BCUT2D eigenvalue weighted by molar-refractivity contribution is 5.69. The maximum Gasteiger partial charge on any atom is 0.305 e. The van der Waals surface area contributed by atoms with E-state index in [9.17, 15) is 4.79 Å². The summed E-state index contributed by atoms with van der Waals surface area (Å²) in [6.45, 7) is 1.03. The van der Waals surface area contributed by atoms with Gasteiger partial charge < -0.3 is 10.4 Å². The molecule has 0 aromatic rings. The number of carbonyl (C=O) groups is 1. The second kappa shape index (κ2) is 1.72. The van der Waals surface area contributed by atoms with Crippen molar-refractivity contribution in [2.24, 2.45) is 5.92 Å². The molecule has 0 unspecified atom stereocenters. The Morgan fingerprint density at radius 2 is 2.40 bits per heavy atom. The minimum Gasteiger partial charge on any atom is -0.481 e. The fourth-order valence-electron chi connectivity index (χ4n) is 2.19. The lowest BCUT2D eigenvalue weighted by molar-refractivity contribution is -0.139. The largest absolute Gasteiger partial charge is 0.481 e. The number of carboxylic acid groups (broad SMARTS) is 1. The van der Waals surface area contributed by atoms with Gasteiger partial charge in [-0.1, -0.05) is 0 Å². The van der Waals surface area contributed by atoms with Crippen LogP contribution in [-0.4, -0.2) is 23.2 Å². The van der Waals surface area contributed by atoms with Gasteiger partial charge in [-0.25, -0.2) is 0 Å². The first-order valence-electron chi connectivity index (χ1n) is 3.67. The fraction of sp³-hybridized carbons (Fsp3) is 0.857. The Bertz CT molecular complexity index is 167. The normalized spacial score (nSPS) is 43.0. The molecule has 0 radical (unpaired) electrons. The van der Waals surface area contributed by atoms with Gasteiger partial charge in [0.05, 0.1) is 6.42 Å². The summed E-state index contributed by atoms with van der Waals surface area (Å²) in [5.41, 5.74) is 0.0104. The Labute approximate surface area is 59.4 Å². The third kappa shape index (κ3) is 0.736. The molecule has 0 aromatic carbocycles. The number of rotatable bonds is 2. The summed E-state index contributed by atoms with van der Waals surface area (Å²) in [4.78, 5) is 10.3. The van der Waals surface area contributed by atoms with Crippen molar-refractivity contribution in [2.75, 3.05) is 6.54 Å². The predicted molar refractivity (Wildman–Crippen MR) is 35.7 cm³/mol. The van der Waals surface area contributed by atoms with Crippen LogP contribution in [0.5, 0.6) is 0 Å². The molecule has 3 rings (SSSR count). The average molecular weight is 141 g/mol. The molecule has 0 aromatic heterocycles. The Hall–Kier alpha value is -0.570. The monoisotopic (exact) mass is 141 g/mol. The zero-order valence-corrected chi connectivity index (χ0v) is 5.76. The predicted octanol–water partition coefficient (Wildman–Crippen LogP) is 0.213. The maximum absolute atomic E-state index is 10.3. The minimum absolute atomic E-state index is 0.0104. The van der Waals surface area contributed by atoms with Crippen molar-refractivity contribution in [2.45, 2.75) is 24.8 Å². The number of carboxylic acids is 1. The van der Waals surface area contributed by atoms with Crippen LogP contribution in [0.2, 0.25) is 0 Å². The Morgan fingerprint density at radius 3 is 2.80 bits per heavy atom. The van der Waals surface area contributed by atoms with Gasteiger partial charge >= 0.3 is 5.97 Å². The molecule has 0 spiro atoms. The van der Waals surface area contributed by atoms with Crippen molar-refractivity contribution in [3.8, 4) is 0 Å². The molecule has 0 atom stereocenters. The fourth-order valence-corrected chi connectivity index (χ4v) is 2.19. The third-order valence-electron chi connectivity index (χ3n) is 2.61. The minimum atomic E-state index is -0.673. The van der Waals surface area contributed by atoms with Crippen LogP contribution < -0.4 is 5.32 Å². The maximum atomic E-state index is 10.3. The lowest BCUT2D eigenvalue weighted by Gasteiger charge is -2.36. The van der Waals surface area contributed by atoms with Crippen LogP contribution in [0.3, 0.4) is 0 Å².